The van der Waals surface area contributed by atoms with Crippen molar-refractivity contribution in [3.63, 3.8) is 0 Å². The molecule has 0 aliphatic carbocycles. The van der Waals surface area contributed by atoms with Crippen LogP contribution in [0.5, 0.6) is 0 Å². The number of hydrogen-bond donors (Lipinski definition) is 2. The van der Waals surface area contributed by atoms with Crippen molar-refractivity contribution in [2.24, 2.45) is 5.92 Å². The molecule has 0 aromatic heterocycles. The Bertz CT molecular complexity index is 562. The summed E-state index contributed by atoms with van der Waals surface area (Å²) in [5.41, 5.74) is 3.32. The molecule has 2 N–H and O–H groups in total. The first-order valence-corrected chi connectivity index (χ1v) is 7.86. The second-order valence-electron chi connectivity index (χ2n) is 5.58. The third-order valence-electron chi connectivity index (χ3n) is 3.67. The molecule has 0 saturated carbocycles. The van der Waals surface area contributed by atoms with Crippen molar-refractivity contribution in [1.29, 1.82) is 0 Å². The van der Waals surface area contributed by atoms with E-state index in [1.54, 1.807) is 0 Å². The summed E-state index contributed by atoms with van der Waals surface area (Å²) in [6, 6.07) is 7.89. The summed E-state index contributed by atoms with van der Waals surface area (Å²) in [6.07, 6.45) is 0.693. The minimum atomic E-state index is -0.778. The van der Waals surface area contributed by atoms with E-state index in [4.69, 9.17) is 4.74 Å². The van der Waals surface area contributed by atoms with Gasteiger partial charge in [-0.25, -0.2) is 14.6 Å². The molecule has 1 aromatic carbocycles. The van der Waals surface area contributed by atoms with Crippen molar-refractivity contribution in [2.45, 2.75) is 39.8 Å². The minimum Gasteiger partial charge on any atom is -0.467 e. The van der Waals surface area contributed by atoms with E-state index in [0.717, 1.165) is 10.6 Å². The van der Waals surface area contributed by atoms with E-state index in [9.17, 15) is 14.4 Å². The maximum absolute atomic E-state index is 12.5. The van der Waals surface area contributed by atoms with Crippen LogP contribution in [-0.4, -0.2) is 36.1 Å². The number of methoxy groups -OCH3 is 1. The van der Waals surface area contributed by atoms with Crippen LogP contribution in [-0.2, 0) is 20.9 Å². The Morgan fingerprint density at radius 2 is 1.83 bits per heavy atom. The van der Waals surface area contributed by atoms with Crippen LogP contribution in [0.3, 0.4) is 0 Å². The molecule has 1 rings (SSSR count). The Hall–Kier alpha value is -2.57. The van der Waals surface area contributed by atoms with Gasteiger partial charge in [0.05, 0.1) is 13.7 Å². The number of nitrogens with zero attached hydrogens (tertiary/aromatic N) is 1. The van der Waals surface area contributed by atoms with Crippen LogP contribution in [0.15, 0.2) is 30.3 Å². The lowest BCUT2D eigenvalue weighted by atomic mass is 9.99. The Morgan fingerprint density at radius 1 is 1.21 bits per heavy atom. The van der Waals surface area contributed by atoms with Gasteiger partial charge in [-0.2, -0.15) is 0 Å². The summed E-state index contributed by atoms with van der Waals surface area (Å²) in [4.78, 5) is 35.8. The van der Waals surface area contributed by atoms with Crippen LogP contribution in [0.1, 0.15) is 32.8 Å². The average molecular weight is 335 g/mol. The van der Waals surface area contributed by atoms with Gasteiger partial charge in [-0.3, -0.25) is 10.2 Å². The third kappa shape index (κ3) is 5.91. The van der Waals surface area contributed by atoms with E-state index < -0.39 is 18.0 Å². The Labute approximate surface area is 142 Å². The van der Waals surface area contributed by atoms with Crippen molar-refractivity contribution in [3.05, 3.63) is 35.9 Å². The second kappa shape index (κ2) is 9.54. The smallest absolute Gasteiger partial charge is 0.337 e. The predicted octanol–water partition coefficient (Wildman–Crippen LogP) is 1.84. The van der Waals surface area contributed by atoms with Gasteiger partial charge >= 0.3 is 12.0 Å². The van der Waals surface area contributed by atoms with Gasteiger partial charge in [0, 0.05) is 6.92 Å². The first kappa shape index (κ1) is 19.5. The molecule has 1 aromatic rings. The number of hydrogen-bond acceptors (Lipinski definition) is 4. The fourth-order valence-corrected chi connectivity index (χ4v) is 2.13. The largest absolute Gasteiger partial charge is 0.467 e. The highest BCUT2D eigenvalue weighted by Gasteiger charge is 2.29. The summed E-state index contributed by atoms with van der Waals surface area (Å²) in [6.45, 7) is 5.27. The van der Waals surface area contributed by atoms with Gasteiger partial charge in [0.2, 0.25) is 5.91 Å². The lowest BCUT2D eigenvalue weighted by molar-refractivity contribution is -0.144. The van der Waals surface area contributed by atoms with Gasteiger partial charge < -0.3 is 10.1 Å². The molecule has 0 fully saturated rings. The van der Waals surface area contributed by atoms with Crippen molar-refractivity contribution < 1.29 is 19.1 Å². The maximum Gasteiger partial charge on any atom is 0.337 e. The van der Waals surface area contributed by atoms with Crippen LogP contribution in [0, 0.1) is 5.92 Å². The molecule has 7 heteroatoms. The number of carbonyl (C=O) groups excluding carboxylic acids is 3. The van der Waals surface area contributed by atoms with Gasteiger partial charge in [0.15, 0.2) is 0 Å². The second-order valence-corrected chi connectivity index (χ2v) is 5.58. The molecule has 0 radical (unpaired) electrons. The molecular weight excluding hydrogens is 310 g/mol. The van der Waals surface area contributed by atoms with Crippen LogP contribution >= 0.6 is 0 Å². The quantitative estimate of drug-likeness (QED) is 0.613. The molecular formula is C17H25N3O4. The molecule has 0 bridgehead atoms. The van der Waals surface area contributed by atoms with Crippen molar-refractivity contribution in [1.82, 2.24) is 15.8 Å². The minimum absolute atomic E-state index is 0.0997. The van der Waals surface area contributed by atoms with Gasteiger partial charge in [-0.15, -0.1) is 0 Å². The number of urea groups is 1. The molecule has 0 saturated heterocycles. The number of rotatable bonds is 6. The number of esters is 1. The fraction of sp³-hybridized carbons (Fsp3) is 0.471. The van der Waals surface area contributed by atoms with Crippen molar-refractivity contribution in [3.8, 4) is 0 Å². The summed E-state index contributed by atoms with van der Waals surface area (Å²) >= 11 is 0. The van der Waals surface area contributed by atoms with Gasteiger partial charge in [0.1, 0.15) is 6.04 Å². The third-order valence-corrected chi connectivity index (χ3v) is 3.67. The van der Waals surface area contributed by atoms with Crippen LogP contribution in [0.4, 0.5) is 4.79 Å². The molecule has 3 amide bonds. The van der Waals surface area contributed by atoms with Gasteiger partial charge in [0.25, 0.3) is 0 Å². The SMILES string of the molecule is CCC(C)[C@H](NC(=O)N(Cc1ccccc1)NC(C)=O)C(=O)OC. The zero-order valence-corrected chi connectivity index (χ0v) is 14.5. The highest BCUT2D eigenvalue weighted by molar-refractivity contribution is 5.85. The van der Waals surface area contributed by atoms with E-state index in [1.807, 2.05) is 44.2 Å². The summed E-state index contributed by atoms with van der Waals surface area (Å²) in [5, 5.41) is 3.79. The number of nitrogens with one attached hydrogen (secondary N) is 2. The normalized spacial score (nSPS) is 12.7. The van der Waals surface area contributed by atoms with E-state index in [-0.39, 0.29) is 18.4 Å². The van der Waals surface area contributed by atoms with Crippen LogP contribution in [0.25, 0.3) is 0 Å². The maximum atomic E-state index is 12.5. The standard InChI is InChI=1S/C17H25N3O4/c1-5-12(2)15(16(22)24-4)18-17(23)20(19-13(3)21)11-14-9-7-6-8-10-14/h6-10,12,15H,5,11H2,1-4H3,(H,18,23)(H,19,21)/t12?,15-/m0/s1. The zero-order chi connectivity index (χ0) is 18.1. The molecule has 0 spiro atoms. The van der Waals surface area contributed by atoms with Gasteiger partial charge in [-0.1, -0.05) is 50.6 Å². The zero-order valence-electron chi connectivity index (χ0n) is 14.5. The van der Waals surface area contributed by atoms with Crippen LogP contribution < -0.4 is 10.7 Å². The number of benzene rings is 1. The molecule has 0 aliphatic heterocycles. The first-order chi connectivity index (χ1) is 11.4. The number of amides is 3. The van der Waals surface area contributed by atoms with E-state index in [0.29, 0.717) is 6.42 Å². The van der Waals surface area contributed by atoms with E-state index in [2.05, 4.69) is 10.7 Å². The lowest BCUT2D eigenvalue weighted by Gasteiger charge is -2.27. The van der Waals surface area contributed by atoms with E-state index in [1.165, 1.54) is 14.0 Å². The number of ether oxygens (including phenoxy) is 1. The molecule has 0 heterocycles. The first-order valence-electron chi connectivity index (χ1n) is 7.86. The topological polar surface area (TPSA) is 87.7 Å². The number of carbonyl (C=O) groups is 3. The lowest BCUT2D eigenvalue weighted by Crippen LogP contribution is -2.55. The Morgan fingerprint density at radius 3 is 2.33 bits per heavy atom. The Kier molecular flexibility index (Phi) is 7.74. The monoisotopic (exact) mass is 335 g/mol. The fourth-order valence-electron chi connectivity index (χ4n) is 2.13. The number of hydrazine groups is 1. The summed E-state index contributed by atoms with van der Waals surface area (Å²) in [5.74, 6) is -0.989. The Balaban J connectivity index is 2.89. The highest BCUT2D eigenvalue weighted by atomic mass is 16.5. The average Bonchev–Trinajstić information content (AvgIpc) is 2.58. The molecule has 7 nitrogen and oxygen atoms in total. The molecule has 2 atom stereocenters. The molecule has 0 aliphatic rings. The summed E-state index contributed by atoms with van der Waals surface area (Å²) in [7, 11) is 1.28. The molecule has 1 unspecified atom stereocenters. The van der Waals surface area contributed by atoms with Crippen molar-refractivity contribution in [2.75, 3.05) is 7.11 Å². The summed E-state index contributed by atoms with van der Waals surface area (Å²) < 4.78 is 4.76. The molecule has 24 heavy (non-hydrogen) atoms. The highest BCUT2D eigenvalue weighted by Crippen LogP contribution is 2.10. The van der Waals surface area contributed by atoms with Gasteiger partial charge in [-0.05, 0) is 11.5 Å². The molecule has 132 valence electrons. The predicted molar refractivity (Wildman–Crippen MR) is 89.6 cm³/mol. The van der Waals surface area contributed by atoms with Crippen LogP contribution in [0.2, 0.25) is 0 Å². The van der Waals surface area contributed by atoms with Crippen molar-refractivity contribution >= 4 is 17.9 Å². The van der Waals surface area contributed by atoms with E-state index >= 15 is 0 Å².